The Hall–Kier alpha value is -1.14. The third-order valence-electron chi connectivity index (χ3n) is 3.57. The molecule has 0 heterocycles. The Labute approximate surface area is 120 Å². The number of carbonyl (C=O) groups is 1. The second kappa shape index (κ2) is 6.54. The highest BCUT2D eigenvalue weighted by atomic mass is 32.2. The smallest absolute Gasteiger partial charge is 0.288 e. The SMILES string of the molecule is O=C(NCC1(CCO)CC1)c1ccccc1SC(F)F. The van der Waals surface area contributed by atoms with Gasteiger partial charge in [0.15, 0.2) is 0 Å². The number of hydrogen-bond donors (Lipinski definition) is 2. The van der Waals surface area contributed by atoms with E-state index in [4.69, 9.17) is 5.11 Å². The normalized spacial score (nSPS) is 16.2. The lowest BCUT2D eigenvalue weighted by atomic mass is 10.0. The summed E-state index contributed by atoms with van der Waals surface area (Å²) in [5.41, 5.74) is 0.285. The van der Waals surface area contributed by atoms with Crippen molar-refractivity contribution in [2.45, 2.75) is 29.9 Å². The molecule has 2 N–H and O–H groups in total. The van der Waals surface area contributed by atoms with Crippen molar-refractivity contribution in [2.24, 2.45) is 5.41 Å². The zero-order valence-corrected chi connectivity index (χ0v) is 11.8. The molecular weight excluding hydrogens is 284 g/mol. The average molecular weight is 301 g/mol. The van der Waals surface area contributed by atoms with E-state index < -0.39 is 5.76 Å². The van der Waals surface area contributed by atoms with Crippen LogP contribution in [-0.4, -0.2) is 29.9 Å². The number of thioether (sulfide) groups is 1. The summed E-state index contributed by atoms with van der Waals surface area (Å²) in [7, 11) is 0. The Morgan fingerprint density at radius 3 is 2.70 bits per heavy atom. The molecule has 3 nitrogen and oxygen atoms in total. The third kappa shape index (κ3) is 3.93. The molecule has 0 saturated heterocycles. The van der Waals surface area contributed by atoms with Crippen LogP contribution in [0.25, 0.3) is 0 Å². The van der Waals surface area contributed by atoms with E-state index in [1.807, 2.05) is 0 Å². The van der Waals surface area contributed by atoms with Crippen molar-refractivity contribution < 1.29 is 18.7 Å². The van der Waals surface area contributed by atoms with Gasteiger partial charge in [-0.25, -0.2) is 0 Å². The van der Waals surface area contributed by atoms with E-state index >= 15 is 0 Å². The minimum absolute atomic E-state index is 0.00914. The Bertz CT molecular complexity index is 478. The third-order valence-corrected chi connectivity index (χ3v) is 4.36. The van der Waals surface area contributed by atoms with Crippen LogP contribution in [0.5, 0.6) is 0 Å². The number of aliphatic hydroxyl groups excluding tert-OH is 1. The number of amides is 1. The van der Waals surface area contributed by atoms with Gasteiger partial charge < -0.3 is 10.4 Å². The lowest BCUT2D eigenvalue weighted by Gasteiger charge is -2.15. The molecule has 1 amide bonds. The molecule has 0 bridgehead atoms. The van der Waals surface area contributed by atoms with E-state index in [1.54, 1.807) is 18.2 Å². The van der Waals surface area contributed by atoms with E-state index in [2.05, 4.69) is 5.32 Å². The maximum absolute atomic E-state index is 12.5. The van der Waals surface area contributed by atoms with Gasteiger partial charge in [-0.1, -0.05) is 23.9 Å². The topological polar surface area (TPSA) is 49.3 Å². The molecular formula is C14H17F2NO2S. The number of hydrogen-bond acceptors (Lipinski definition) is 3. The lowest BCUT2D eigenvalue weighted by Crippen LogP contribution is -2.31. The van der Waals surface area contributed by atoms with Gasteiger partial charge >= 0.3 is 0 Å². The molecule has 2 rings (SSSR count). The number of rotatable bonds is 7. The molecule has 1 fully saturated rings. The minimum Gasteiger partial charge on any atom is -0.396 e. The zero-order valence-electron chi connectivity index (χ0n) is 10.9. The first-order valence-corrected chi connectivity index (χ1v) is 7.37. The summed E-state index contributed by atoms with van der Waals surface area (Å²) in [5, 5.41) is 11.8. The Morgan fingerprint density at radius 2 is 2.10 bits per heavy atom. The fourth-order valence-electron chi connectivity index (χ4n) is 2.15. The minimum atomic E-state index is -2.55. The van der Waals surface area contributed by atoms with Gasteiger partial charge in [-0.2, -0.15) is 8.78 Å². The zero-order chi connectivity index (χ0) is 14.6. The summed E-state index contributed by atoms with van der Waals surface area (Å²) in [4.78, 5) is 12.4. The van der Waals surface area contributed by atoms with Crippen LogP contribution in [0, 0.1) is 5.41 Å². The predicted octanol–water partition coefficient (Wildman–Crippen LogP) is 2.89. The molecule has 0 aliphatic heterocycles. The van der Waals surface area contributed by atoms with Crippen molar-refractivity contribution >= 4 is 17.7 Å². The van der Waals surface area contributed by atoms with E-state index in [0.717, 1.165) is 12.8 Å². The van der Waals surface area contributed by atoms with Gasteiger partial charge in [0.05, 0.1) is 5.56 Å². The maximum Gasteiger partial charge on any atom is 0.288 e. The summed E-state index contributed by atoms with van der Waals surface area (Å²) >= 11 is 0.378. The molecule has 0 spiro atoms. The van der Waals surface area contributed by atoms with Gasteiger partial charge in [0, 0.05) is 18.0 Å². The van der Waals surface area contributed by atoms with Crippen LogP contribution in [0.3, 0.4) is 0 Å². The van der Waals surface area contributed by atoms with Crippen LogP contribution < -0.4 is 5.32 Å². The van der Waals surface area contributed by atoms with Gasteiger partial charge in [0.2, 0.25) is 0 Å². The van der Waals surface area contributed by atoms with Crippen LogP contribution in [0.4, 0.5) is 8.78 Å². The maximum atomic E-state index is 12.5. The lowest BCUT2D eigenvalue weighted by molar-refractivity contribution is 0.0938. The van der Waals surface area contributed by atoms with Crippen molar-refractivity contribution in [3.05, 3.63) is 29.8 Å². The molecule has 20 heavy (non-hydrogen) atoms. The second-order valence-corrected chi connectivity index (χ2v) is 6.06. The molecule has 0 aromatic heterocycles. The predicted molar refractivity (Wildman–Crippen MR) is 74.0 cm³/mol. The molecule has 1 aliphatic carbocycles. The van der Waals surface area contributed by atoms with Crippen molar-refractivity contribution in [1.29, 1.82) is 0 Å². The monoisotopic (exact) mass is 301 g/mol. The van der Waals surface area contributed by atoms with Crippen molar-refractivity contribution in [1.82, 2.24) is 5.32 Å². The highest BCUT2D eigenvalue weighted by Gasteiger charge is 2.41. The van der Waals surface area contributed by atoms with Gasteiger partial charge in [-0.15, -0.1) is 0 Å². The van der Waals surface area contributed by atoms with E-state index in [1.165, 1.54) is 6.07 Å². The van der Waals surface area contributed by atoms with Gasteiger partial charge in [0.25, 0.3) is 11.7 Å². The fourth-order valence-corrected chi connectivity index (χ4v) is 2.78. The number of alkyl halides is 2. The van der Waals surface area contributed by atoms with Gasteiger partial charge in [0.1, 0.15) is 0 Å². The summed E-state index contributed by atoms with van der Waals surface area (Å²) < 4.78 is 24.9. The molecule has 0 radical (unpaired) electrons. The first-order valence-electron chi connectivity index (χ1n) is 6.49. The Balaban J connectivity index is 1.98. The average Bonchev–Trinajstić information content (AvgIpc) is 3.17. The van der Waals surface area contributed by atoms with Crippen LogP contribution >= 0.6 is 11.8 Å². The summed E-state index contributed by atoms with van der Waals surface area (Å²) in [5.74, 6) is -2.88. The van der Waals surface area contributed by atoms with E-state index in [-0.39, 0.29) is 28.4 Å². The number of carbonyl (C=O) groups excluding carboxylic acids is 1. The number of benzene rings is 1. The van der Waals surface area contributed by atoms with Crippen LogP contribution in [-0.2, 0) is 0 Å². The summed E-state index contributed by atoms with van der Waals surface area (Å²) in [6.07, 6.45) is 2.64. The van der Waals surface area contributed by atoms with E-state index in [9.17, 15) is 13.6 Å². The molecule has 1 aromatic carbocycles. The van der Waals surface area contributed by atoms with Crippen molar-refractivity contribution in [3.8, 4) is 0 Å². The van der Waals surface area contributed by atoms with Gasteiger partial charge in [-0.3, -0.25) is 4.79 Å². The van der Waals surface area contributed by atoms with Crippen molar-refractivity contribution in [3.63, 3.8) is 0 Å². The molecule has 0 atom stereocenters. The second-order valence-electron chi connectivity index (χ2n) is 5.03. The van der Waals surface area contributed by atoms with Gasteiger partial charge in [-0.05, 0) is 36.8 Å². The number of aliphatic hydroxyl groups is 1. The van der Waals surface area contributed by atoms with Crippen LogP contribution in [0.2, 0.25) is 0 Å². The summed E-state index contributed by atoms with van der Waals surface area (Å²) in [6, 6.07) is 6.36. The molecule has 110 valence electrons. The first kappa shape index (κ1) is 15.3. The van der Waals surface area contributed by atoms with E-state index in [0.29, 0.717) is 24.7 Å². The first-order chi connectivity index (χ1) is 9.56. The Kier molecular flexibility index (Phi) is 4.99. The standard InChI is InChI=1S/C14H17F2NO2S/c15-13(16)20-11-4-2-1-3-10(11)12(19)17-9-14(5-6-14)7-8-18/h1-4,13,18H,5-9H2,(H,17,19). The molecule has 6 heteroatoms. The quantitative estimate of drug-likeness (QED) is 0.761. The molecule has 0 unspecified atom stereocenters. The molecule has 1 saturated carbocycles. The van der Waals surface area contributed by atoms with Crippen LogP contribution in [0.15, 0.2) is 29.2 Å². The van der Waals surface area contributed by atoms with Crippen molar-refractivity contribution in [2.75, 3.05) is 13.2 Å². The largest absolute Gasteiger partial charge is 0.396 e. The number of nitrogens with one attached hydrogen (secondary N) is 1. The number of halogens is 2. The van der Waals surface area contributed by atoms with Crippen LogP contribution in [0.1, 0.15) is 29.6 Å². The summed E-state index contributed by atoms with van der Waals surface area (Å²) in [6.45, 7) is 0.591. The molecule has 1 aliphatic rings. The fraction of sp³-hybridized carbons (Fsp3) is 0.500. The highest BCUT2D eigenvalue weighted by molar-refractivity contribution is 7.99. The molecule has 1 aromatic rings. The highest BCUT2D eigenvalue weighted by Crippen LogP contribution is 2.47. The Morgan fingerprint density at radius 1 is 1.40 bits per heavy atom.